The van der Waals surface area contributed by atoms with Crippen LogP contribution in [-0.4, -0.2) is 21.0 Å². The highest BCUT2D eigenvalue weighted by molar-refractivity contribution is 5.92. The largest absolute Gasteiger partial charge is 0.382 e. The van der Waals surface area contributed by atoms with Gasteiger partial charge in [-0.05, 0) is 54.7 Å². The third-order valence-corrected chi connectivity index (χ3v) is 6.07. The van der Waals surface area contributed by atoms with E-state index in [4.69, 9.17) is 9.97 Å². The first-order chi connectivity index (χ1) is 16.5. The molecule has 5 rings (SSSR count). The van der Waals surface area contributed by atoms with Crippen LogP contribution in [0, 0.1) is 12.7 Å². The molecule has 1 heterocycles. The van der Waals surface area contributed by atoms with Gasteiger partial charge >= 0.3 is 0 Å². The number of aryl methyl sites for hydroxylation is 3. The SMILES string of the molecule is Cc1ccc(CC(=O)Nc2nc3c(nc2C(O)c2ccccc2)-c2ccc(F)cc2CC3)cc1. The average molecular weight is 454 g/mol. The predicted octanol–water partition coefficient (Wildman–Crippen LogP) is 4.95. The average Bonchev–Trinajstić information content (AvgIpc) is 2.85. The Morgan fingerprint density at radius 2 is 1.79 bits per heavy atom. The fraction of sp³-hybridized carbons (Fsp3) is 0.179. The maximum Gasteiger partial charge on any atom is 0.229 e. The maximum absolute atomic E-state index is 13.8. The van der Waals surface area contributed by atoms with Crippen molar-refractivity contribution in [2.45, 2.75) is 32.3 Å². The first-order valence-corrected chi connectivity index (χ1v) is 11.3. The molecule has 0 saturated heterocycles. The van der Waals surface area contributed by atoms with Gasteiger partial charge in [0.15, 0.2) is 5.82 Å². The van der Waals surface area contributed by atoms with Gasteiger partial charge in [-0.1, -0.05) is 60.2 Å². The molecule has 0 aliphatic heterocycles. The molecule has 1 aliphatic rings. The lowest BCUT2D eigenvalue weighted by atomic mass is 9.91. The van der Waals surface area contributed by atoms with Crippen LogP contribution >= 0.6 is 0 Å². The van der Waals surface area contributed by atoms with Crippen molar-refractivity contribution < 1.29 is 14.3 Å². The van der Waals surface area contributed by atoms with E-state index in [-0.39, 0.29) is 29.7 Å². The molecule has 5 nitrogen and oxygen atoms in total. The minimum absolute atomic E-state index is 0.183. The molecule has 6 heteroatoms. The van der Waals surface area contributed by atoms with E-state index in [2.05, 4.69) is 5.32 Å². The van der Waals surface area contributed by atoms with Gasteiger partial charge in [-0.2, -0.15) is 0 Å². The first-order valence-electron chi connectivity index (χ1n) is 11.3. The third-order valence-electron chi connectivity index (χ3n) is 6.07. The minimum Gasteiger partial charge on any atom is -0.382 e. The van der Waals surface area contributed by atoms with Crippen LogP contribution in [0.15, 0.2) is 72.8 Å². The molecule has 1 unspecified atom stereocenters. The van der Waals surface area contributed by atoms with Crippen LogP contribution < -0.4 is 5.32 Å². The first kappa shape index (κ1) is 21.9. The van der Waals surface area contributed by atoms with Gasteiger partial charge < -0.3 is 10.4 Å². The summed E-state index contributed by atoms with van der Waals surface area (Å²) in [5, 5.41) is 14.1. The van der Waals surface area contributed by atoms with Crippen molar-refractivity contribution in [3.8, 4) is 11.3 Å². The fourth-order valence-corrected chi connectivity index (χ4v) is 4.27. The number of carbonyl (C=O) groups is 1. The molecule has 1 aromatic heterocycles. The van der Waals surface area contributed by atoms with E-state index in [1.807, 2.05) is 49.4 Å². The molecule has 170 valence electrons. The van der Waals surface area contributed by atoms with Crippen LogP contribution in [0.25, 0.3) is 11.3 Å². The molecule has 0 bridgehead atoms. The standard InChI is InChI=1S/C28H24FN3O2/c1-17-7-9-18(10-8-17)15-24(33)31-28-26(27(34)19-5-3-2-4-6-19)32-25-22-13-12-21(29)16-20(22)11-14-23(25)30-28/h2-10,12-13,16,27,34H,11,14-15H2,1H3,(H,30,31,33). The van der Waals surface area contributed by atoms with Gasteiger partial charge in [0, 0.05) is 5.56 Å². The van der Waals surface area contributed by atoms with Crippen LogP contribution in [0.5, 0.6) is 0 Å². The Bertz CT molecular complexity index is 1350. The van der Waals surface area contributed by atoms with Gasteiger partial charge in [0.05, 0.1) is 17.8 Å². The second kappa shape index (κ2) is 9.15. The van der Waals surface area contributed by atoms with Gasteiger partial charge in [-0.25, -0.2) is 14.4 Å². The number of carbonyl (C=O) groups excluding carboxylic acids is 1. The van der Waals surface area contributed by atoms with E-state index in [1.54, 1.807) is 18.2 Å². The molecule has 0 saturated carbocycles. The Labute approximate surface area is 197 Å². The summed E-state index contributed by atoms with van der Waals surface area (Å²) in [6.45, 7) is 2.00. The molecule has 2 N–H and O–H groups in total. The van der Waals surface area contributed by atoms with Crippen molar-refractivity contribution in [3.05, 3.63) is 112 Å². The maximum atomic E-state index is 13.8. The smallest absolute Gasteiger partial charge is 0.229 e. The zero-order valence-electron chi connectivity index (χ0n) is 18.8. The Morgan fingerprint density at radius 3 is 2.56 bits per heavy atom. The monoisotopic (exact) mass is 453 g/mol. The van der Waals surface area contributed by atoms with E-state index >= 15 is 0 Å². The van der Waals surface area contributed by atoms with Crippen molar-refractivity contribution in [3.63, 3.8) is 0 Å². The molecule has 4 aromatic rings. The number of aliphatic hydroxyl groups excluding tert-OH is 1. The second-order valence-electron chi connectivity index (χ2n) is 8.58. The summed E-state index contributed by atoms with van der Waals surface area (Å²) < 4.78 is 13.8. The second-order valence-corrected chi connectivity index (χ2v) is 8.58. The lowest BCUT2D eigenvalue weighted by molar-refractivity contribution is -0.115. The number of fused-ring (bicyclic) bond motifs is 3. The molecular weight excluding hydrogens is 429 g/mol. The van der Waals surface area contributed by atoms with Crippen molar-refractivity contribution in [1.29, 1.82) is 0 Å². The molecular formula is C28H24FN3O2. The molecule has 34 heavy (non-hydrogen) atoms. The molecule has 3 aromatic carbocycles. The predicted molar refractivity (Wildman–Crippen MR) is 129 cm³/mol. The summed E-state index contributed by atoms with van der Waals surface area (Å²) >= 11 is 0. The fourth-order valence-electron chi connectivity index (χ4n) is 4.27. The van der Waals surface area contributed by atoms with Gasteiger partial charge in [-0.15, -0.1) is 0 Å². The number of amides is 1. The zero-order valence-corrected chi connectivity index (χ0v) is 18.8. The highest BCUT2D eigenvalue weighted by Gasteiger charge is 2.26. The summed E-state index contributed by atoms with van der Waals surface area (Å²) in [6.07, 6.45) is 0.301. The molecule has 1 aliphatic carbocycles. The lowest BCUT2D eigenvalue weighted by Gasteiger charge is -2.22. The molecule has 0 spiro atoms. The number of anilines is 1. The zero-order chi connectivity index (χ0) is 23.7. The van der Waals surface area contributed by atoms with Crippen molar-refractivity contribution in [2.24, 2.45) is 0 Å². The molecule has 0 radical (unpaired) electrons. The van der Waals surface area contributed by atoms with Gasteiger partial charge in [0.1, 0.15) is 17.6 Å². The van der Waals surface area contributed by atoms with Crippen LogP contribution in [-0.2, 0) is 24.1 Å². The summed E-state index contributed by atoms with van der Waals surface area (Å²) in [7, 11) is 0. The van der Waals surface area contributed by atoms with Crippen LogP contribution in [0.3, 0.4) is 0 Å². The van der Waals surface area contributed by atoms with Crippen LogP contribution in [0.4, 0.5) is 10.2 Å². The summed E-state index contributed by atoms with van der Waals surface area (Å²) in [6, 6.07) is 21.5. The van der Waals surface area contributed by atoms with Gasteiger partial charge in [0.25, 0.3) is 0 Å². The Morgan fingerprint density at radius 1 is 1.03 bits per heavy atom. The summed E-state index contributed by atoms with van der Waals surface area (Å²) in [4.78, 5) is 22.4. The van der Waals surface area contributed by atoms with Gasteiger partial charge in [-0.3, -0.25) is 4.79 Å². The Kier molecular flexibility index (Phi) is 5.90. The normalized spacial score (nSPS) is 13.0. The number of halogens is 1. The number of nitrogens with one attached hydrogen (secondary N) is 1. The minimum atomic E-state index is -1.08. The van der Waals surface area contributed by atoms with E-state index in [0.29, 0.717) is 29.8 Å². The number of hydrogen-bond acceptors (Lipinski definition) is 4. The number of aromatic nitrogens is 2. The van der Waals surface area contributed by atoms with Crippen molar-refractivity contribution in [1.82, 2.24) is 9.97 Å². The molecule has 1 atom stereocenters. The van der Waals surface area contributed by atoms with E-state index in [1.165, 1.54) is 12.1 Å². The Balaban J connectivity index is 1.54. The number of nitrogens with zero attached hydrogens (tertiary/aromatic N) is 2. The highest BCUT2D eigenvalue weighted by Crippen LogP contribution is 2.35. The lowest BCUT2D eigenvalue weighted by Crippen LogP contribution is -2.21. The van der Waals surface area contributed by atoms with Crippen LogP contribution in [0.2, 0.25) is 0 Å². The molecule has 1 amide bonds. The van der Waals surface area contributed by atoms with Crippen molar-refractivity contribution >= 4 is 11.7 Å². The van der Waals surface area contributed by atoms with Gasteiger partial charge in [0.2, 0.25) is 5.91 Å². The van der Waals surface area contributed by atoms with E-state index in [9.17, 15) is 14.3 Å². The van der Waals surface area contributed by atoms with Crippen molar-refractivity contribution in [2.75, 3.05) is 5.32 Å². The van der Waals surface area contributed by atoms with E-state index < -0.39 is 6.10 Å². The highest BCUT2D eigenvalue weighted by atomic mass is 19.1. The summed E-state index contributed by atoms with van der Waals surface area (Å²) in [5.41, 5.74) is 5.90. The van der Waals surface area contributed by atoms with E-state index in [0.717, 1.165) is 22.3 Å². The molecule has 0 fully saturated rings. The summed E-state index contributed by atoms with van der Waals surface area (Å²) in [5.74, 6) is -0.282. The quantitative estimate of drug-likeness (QED) is 0.448. The number of aliphatic hydroxyl groups is 1. The number of rotatable bonds is 5. The third kappa shape index (κ3) is 4.45. The topological polar surface area (TPSA) is 75.1 Å². The number of benzene rings is 3. The van der Waals surface area contributed by atoms with Crippen LogP contribution in [0.1, 0.15) is 39.7 Å². The Hall–Kier alpha value is -3.90. The number of hydrogen-bond donors (Lipinski definition) is 2.